The molecule has 0 unspecified atom stereocenters. The normalized spacial score (nSPS) is 10.9. The van der Waals surface area contributed by atoms with E-state index in [1.165, 1.54) is 12.1 Å². The molecule has 0 spiro atoms. The highest BCUT2D eigenvalue weighted by Gasteiger charge is 2.30. The number of carbonyl (C=O) groups excluding carboxylic acids is 1. The van der Waals surface area contributed by atoms with Crippen molar-refractivity contribution in [2.24, 2.45) is 0 Å². The molecule has 8 heteroatoms. The fourth-order valence-electron chi connectivity index (χ4n) is 2.46. The number of carbonyl (C=O) groups is 1. The van der Waals surface area contributed by atoms with Gasteiger partial charge in [-0.2, -0.15) is 0 Å². The minimum Gasteiger partial charge on any atom is -0.487 e. The van der Waals surface area contributed by atoms with Gasteiger partial charge in [0.2, 0.25) is 0 Å². The number of hydrogen-bond acceptors (Lipinski definition) is 3. The van der Waals surface area contributed by atoms with Crippen LogP contribution in [0.5, 0.6) is 11.5 Å². The van der Waals surface area contributed by atoms with Gasteiger partial charge in [0.15, 0.2) is 0 Å². The van der Waals surface area contributed by atoms with Gasteiger partial charge in [0, 0.05) is 5.69 Å². The number of ether oxygens (including phenoxy) is 2. The standard InChI is InChI=1S/C21H17F3N2O3/c22-21(23,24)29-17-12-10-16(11-13-17)25-20(27)26-18-8-4-5-9-19(18)28-14-15-6-2-1-3-7-15/h1-13H,14H2,(H2,25,26,27). The second-order valence-corrected chi connectivity index (χ2v) is 5.92. The van der Waals surface area contributed by atoms with Crippen molar-refractivity contribution in [3.05, 3.63) is 84.4 Å². The lowest BCUT2D eigenvalue weighted by Crippen LogP contribution is -2.20. The Morgan fingerprint density at radius 3 is 2.17 bits per heavy atom. The molecule has 0 radical (unpaired) electrons. The Hall–Kier alpha value is -3.68. The zero-order valence-electron chi connectivity index (χ0n) is 15.1. The molecule has 0 aromatic heterocycles. The number of hydrogen-bond donors (Lipinski definition) is 2. The fourth-order valence-corrected chi connectivity index (χ4v) is 2.46. The van der Waals surface area contributed by atoms with Gasteiger partial charge < -0.3 is 20.1 Å². The van der Waals surface area contributed by atoms with Gasteiger partial charge in [-0.3, -0.25) is 0 Å². The van der Waals surface area contributed by atoms with E-state index in [0.717, 1.165) is 17.7 Å². The number of nitrogens with one attached hydrogen (secondary N) is 2. The van der Waals surface area contributed by atoms with Crippen molar-refractivity contribution < 1.29 is 27.4 Å². The number of benzene rings is 3. The van der Waals surface area contributed by atoms with Gasteiger partial charge in [0.05, 0.1) is 5.69 Å². The van der Waals surface area contributed by atoms with Crippen LogP contribution in [-0.4, -0.2) is 12.4 Å². The van der Waals surface area contributed by atoms with E-state index in [9.17, 15) is 18.0 Å². The van der Waals surface area contributed by atoms with Crippen molar-refractivity contribution in [2.45, 2.75) is 13.0 Å². The molecule has 2 N–H and O–H groups in total. The second kappa shape index (κ2) is 9.01. The van der Waals surface area contributed by atoms with Gasteiger partial charge >= 0.3 is 12.4 Å². The van der Waals surface area contributed by atoms with Gasteiger partial charge in [-0.1, -0.05) is 42.5 Å². The summed E-state index contributed by atoms with van der Waals surface area (Å²) < 4.78 is 46.1. The van der Waals surface area contributed by atoms with Crippen molar-refractivity contribution in [1.82, 2.24) is 0 Å². The third kappa shape index (κ3) is 6.46. The van der Waals surface area contributed by atoms with E-state index >= 15 is 0 Å². The van der Waals surface area contributed by atoms with Crippen LogP contribution in [0.3, 0.4) is 0 Å². The molecule has 0 aliphatic rings. The molecule has 3 rings (SSSR count). The monoisotopic (exact) mass is 402 g/mol. The SMILES string of the molecule is O=C(Nc1ccc(OC(F)(F)F)cc1)Nc1ccccc1OCc1ccccc1. The minimum absolute atomic E-state index is 0.305. The predicted octanol–water partition coefficient (Wildman–Crippen LogP) is 5.81. The van der Waals surface area contributed by atoms with Crippen LogP contribution in [0.25, 0.3) is 0 Å². The van der Waals surface area contributed by atoms with Crippen molar-refractivity contribution >= 4 is 17.4 Å². The molecule has 0 fully saturated rings. The third-order valence-electron chi connectivity index (χ3n) is 3.72. The highest BCUT2D eigenvalue weighted by molar-refractivity contribution is 6.00. The van der Waals surface area contributed by atoms with Crippen LogP contribution in [-0.2, 0) is 6.61 Å². The van der Waals surface area contributed by atoms with E-state index in [0.29, 0.717) is 23.7 Å². The Labute approximate surface area is 165 Å². The molecule has 3 aromatic rings. The summed E-state index contributed by atoms with van der Waals surface area (Å²) in [5.41, 5.74) is 1.74. The Morgan fingerprint density at radius 1 is 0.828 bits per heavy atom. The van der Waals surface area contributed by atoms with Crippen LogP contribution < -0.4 is 20.1 Å². The van der Waals surface area contributed by atoms with Crippen LogP contribution >= 0.6 is 0 Å². The Kier molecular flexibility index (Phi) is 6.23. The lowest BCUT2D eigenvalue weighted by molar-refractivity contribution is -0.274. The molecular formula is C21H17F3N2O3. The minimum atomic E-state index is -4.77. The summed E-state index contributed by atoms with van der Waals surface area (Å²) in [6.07, 6.45) is -4.77. The molecule has 0 atom stereocenters. The van der Waals surface area contributed by atoms with Crippen LogP contribution in [0, 0.1) is 0 Å². The molecule has 2 amide bonds. The van der Waals surface area contributed by atoms with Gasteiger partial charge in [-0.05, 0) is 42.0 Å². The molecule has 0 aliphatic carbocycles. The zero-order valence-corrected chi connectivity index (χ0v) is 15.1. The highest BCUT2D eigenvalue weighted by Crippen LogP contribution is 2.26. The largest absolute Gasteiger partial charge is 0.573 e. The maximum atomic E-state index is 12.2. The van der Waals surface area contributed by atoms with Gasteiger partial charge in [-0.25, -0.2) is 4.79 Å². The average Bonchev–Trinajstić information content (AvgIpc) is 2.68. The van der Waals surface area contributed by atoms with E-state index in [4.69, 9.17) is 4.74 Å². The number of anilines is 2. The molecule has 0 bridgehead atoms. The Bertz CT molecular complexity index is 945. The van der Waals surface area contributed by atoms with Crippen molar-refractivity contribution in [2.75, 3.05) is 10.6 Å². The first-order chi connectivity index (χ1) is 13.9. The van der Waals surface area contributed by atoms with Crippen LogP contribution in [0.15, 0.2) is 78.9 Å². The molecular weight excluding hydrogens is 385 g/mol. The van der Waals surface area contributed by atoms with E-state index in [1.807, 2.05) is 30.3 Å². The quantitative estimate of drug-likeness (QED) is 0.547. The first-order valence-electron chi connectivity index (χ1n) is 8.59. The summed E-state index contributed by atoms with van der Waals surface area (Å²) in [5, 5.41) is 5.20. The van der Waals surface area contributed by atoms with Crippen molar-refractivity contribution in [3.63, 3.8) is 0 Å². The summed E-state index contributed by atoms with van der Waals surface area (Å²) >= 11 is 0. The molecule has 150 valence electrons. The Morgan fingerprint density at radius 2 is 1.48 bits per heavy atom. The van der Waals surface area contributed by atoms with E-state index in [-0.39, 0.29) is 5.75 Å². The number of amides is 2. The number of alkyl halides is 3. The predicted molar refractivity (Wildman–Crippen MR) is 103 cm³/mol. The van der Waals surface area contributed by atoms with Crippen molar-refractivity contribution in [1.29, 1.82) is 0 Å². The van der Waals surface area contributed by atoms with Crippen LogP contribution in [0.2, 0.25) is 0 Å². The third-order valence-corrected chi connectivity index (χ3v) is 3.72. The number of halogens is 3. The molecule has 29 heavy (non-hydrogen) atoms. The zero-order chi connectivity index (χ0) is 20.7. The summed E-state index contributed by atoms with van der Waals surface area (Å²) in [5.74, 6) is 0.114. The summed E-state index contributed by atoms with van der Waals surface area (Å²) in [4.78, 5) is 12.2. The average molecular weight is 402 g/mol. The van der Waals surface area contributed by atoms with E-state index < -0.39 is 12.4 Å². The van der Waals surface area contributed by atoms with Gasteiger partial charge in [0.25, 0.3) is 0 Å². The van der Waals surface area contributed by atoms with Crippen molar-refractivity contribution in [3.8, 4) is 11.5 Å². The Balaban J connectivity index is 1.59. The molecule has 0 heterocycles. The van der Waals surface area contributed by atoms with E-state index in [2.05, 4.69) is 15.4 Å². The second-order valence-electron chi connectivity index (χ2n) is 5.92. The fraction of sp³-hybridized carbons (Fsp3) is 0.0952. The van der Waals surface area contributed by atoms with E-state index in [1.54, 1.807) is 24.3 Å². The molecule has 0 aliphatic heterocycles. The number of para-hydroxylation sites is 2. The first-order valence-corrected chi connectivity index (χ1v) is 8.59. The number of rotatable bonds is 6. The maximum Gasteiger partial charge on any atom is 0.573 e. The smallest absolute Gasteiger partial charge is 0.487 e. The number of urea groups is 1. The van der Waals surface area contributed by atoms with Gasteiger partial charge in [0.1, 0.15) is 18.1 Å². The topological polar surface area (TPSA) is 59.6 Å². The van der Waals surface area contributed by atoms with Gasteiger partial charge in [-0.15, -0.1) is 13.2 Å². The maximum absolute atomic E-state index is 12.2. The lowest BCUT2D eigenvalue weighted by atomic mass is 10.2. The highest BCUT2D eigenvalue weighted by atomic mass is 19.4. The van der Waals surface area contributed by atoms with Crippen LogP contribution in [0.4, 0.5) is 29.3 Å². The molecule has 0 saturated heterocycles. The summed E-state index contributed by atoms with van der Waals surface area (Å²) in [7, 11) is 0. The van der Waals surface area contributed by atoms with Crippen LogP contribution in [0.1, 0.15) is 5.56 Å². The summed E-state index contributed by atoms with van der Waals surface area (Å²) in [6, 6.07) is 20.8. The lowest BCUT2D eigenvalue weighted by Gasteiger charge is -2.13. The molecule has 5 nitrogen and oxygen atoms in total. The first kappa shape index (κ1) is 20.1. The molecule has 3 aromatic carbocycles. The summed E-state index contributed by atoms with van der Waals surface area (Å²) in [6.45, 7) is 0.335. The molecule has 0 saturated carbocycles.